The lowest BCUT2D eigenvalue weighted by molar-refractivity contribution is 0.313. The molecule has 0 radical (unpaired) electrons. The number of aromatic nitrogens is 3. The summed E-state index contributed by atoms with van der Waals surface area (Å²) in [4.78, 5) is 4.69. The summed E-state index contributed by atoms with van der Waals surface area (Å²) in [5, 5.41) is 4.57. The third-order valence-corrected chi connectivity index (χ3v) is 7.98. The van der Waals surface area contributed by atoms with Gasteiger partial charge in [-0.15, -0.1) is 0 Å². The highest BCUT2D eigenvalue weighted by Crippen LogP contribution is 2.35. The van der Waals surface area contributed by atoms with Crippen molar-refractivity contribution in [2.45, 2.75) is 36.9 Å². The molecule has 2 aliphatic rings. The summed E-state index contributed by atoms with van der Waals surface area (Å²) in [5.41, 5.74) is 3.08. The van der Waals surface area contributed by atoms with Crippen LogP contribution in [0.1, 0.15) is 37.4 Å². The van der Waals surface area contributed by atoms with Crippen LogP contribution in [0.15, 0.2) is 48.7 Å². The first-order valence-corrected chi connectivity index (χ1v) is 11.0. The molecule has 6 nitrogen and oxygen atoms in total. The Kier molecular flexibility index (Phi) is 4.02. The van der Waals surface area contributed by atoms with Gasteiger partial charge in [0.25, 0.3) is 0 Å². The van der Waals surface area contributed by atoms with E-state index in [-0.39, 0.29) is 11.2 Å². The molecule has 1 aliphatic heterocycles. The Balaban J connectivity index is 1.35. The van der Waals surface area contributed by atoms with Crippen molar-refractivity contribution >= 4 is 15.7 Å². The highest BCUT2D eigenvalue weighted by molar-refractivity contribution is 7.90. The Hall–Kier alpha value is -2.25. The number of benzene rings is 1. The number of piperidine rings is 1. The van der Waals surface area contributed by atoms with Crippen LogP contribution >= 0.6 is 0 Å². The van der Waals surface area contributed by atoms with Gasteiger partial charge in [-0.3, -0.25) is 0 Å². The van der Waals surface area contributed by atoms with Gasteiger partial charge in [0.05, 0.1) is 5.25 Å². The number of nitrogens with zero attached hydrogens (tertiary/aromatic N) is 4. The molecule has 3 aromatic rings. The van der Waals surface area contributed by atoms with Crippen molar-refractivity contribution in [3.8, 4) is 11.1 Å². The van der Waals surface area contributed by atoms with E-state index in [1.165, 1.54) is 0 Å². The lowest BCUT2D eigenvalue weighted by Crippen LogP contribution is -2.39. The van der Waals surface area contributed by atoms with Crippen molar-refractivity contribution in [3.05, 3.63) is 54.5 Å². The van der Waals surface area contributed by atoms with Crippen molar-refractivity contribution in [1.29, 1.82) is 0 Å². The Labute approximate surface area is 158 Å². The highest BCUT2D eigenvalue weighted by Gasteiger charge is 2.41. The quantitative estimate of drug-likeness (QED) is 0.695. The number of hydrogen-bond acceptors (Lipinski definition) is 4. The molecule has 0 atom stereocenters. The van der Waals surface area contributed by atoms with Crippen LogP contribution < -0.4 is 0 Å². The minimum atomic E-state index is -3.07. The van der Waals surface area contributed by atoms with Crippen molar-refractivity contribution in [3.63, 3.8) is 0 Å². The van der Waals surface area contributed by atoms with E-state index in [1.807, 2.05) is 35.0 Å². The monoisotopic (exact) mass is 382 g/mol. The highest BCUT2D eigenvalue weighted by atomic mass is 32.2. The summed E-state index contributed by atoms with van der Waals surface area (Å²) in [6.07, 6.45) is 5.22. The summed E-state index contributed by atoms with van der Waals surface area (Å²) >= 11 is 0. The maximum atomic E-state index is 12.4. The second-order valence-corrected chi connectivity index (χ2v) is 9.69. The average Bonchev–Trinajstić information content (AvgIpc) is 3.48. The van der Waals surface area contributed by atoms with Gasteiger partial charge in [-0.05, 0) is 43.4 Å². The minimum absolute atomic E-state index is 0.126. The van der Waals surface area contributed by atoms with Gasteiger partial charge in [0.15, 0.2) is 11.5 Å². The predicted molar refractivity (Wildman–Crippen MR) is 104 cm³/mol. The second kappa shape index (κ2) is 6.42. The Bertz CT molecular complexity index is 1070. The number of pyridine rings is 1. The molecular weight excluding hydrogens is 360 g/mol. The molecule has 7 heteroatoms. The van der Waals surface area contributed by atoms with Gasteiger partial charge in [0, 0.05) is 30.8 Å². The molecular formula is C20H22N4O2S. The molecule has 0 N–H and O–H groups in total. The van der Waals surface area contributed by atoms with E-state index in [2.05, 4.69) is 23.2 Å². The van der Waals surface area contributed by atoms with Crippen LogP contribution in [0.25, 0.3) is 16.8 Å². The van der Waals surface area contributed by atoms with Gasteiger partial charge in [-0.2, -0.15) is 5.10 Å². The second-order valence-electron chi connectivity index (χ2n) is 7.47. The maximum Gasteiger partial charge on any atom is 0.216 e. The molecule has 0 spiro atoms. The third kappa shape index (κ3) is 3.15. The number of hydrogen-bond donors (Lipinski definition) is 0. The first-order chi connectivity index (χ1) is 13.1. The molecule has 1 aliphatic carbocycles. The molecule has 0 unspecified atom stereocenters. The topological polar surface area (TPSA) is 67.6 Å². The fourth-order valence-electron chi connectivity index (χ4n) is 3.82. The molecule has 2 fully saturated rings. The normalized spacial score (nSPS) is 19.6. The summed E-state index contributed by atoms with van der Waals surface area (Å²) in [6.45, 7) is 1.16. The number of sulfonamides is 1. The van der Waals surface area contributed by atoms with E-state index in [1.54, 1.807) is 4.31 Å². The van der Waals surface area contributed by atoms with Crippen LogP contribution in [0.4, 0.5) is 0 Å². The minimum Gasteiger partial charge on any atom is -0.220 e. The molecule has 1 saturated heterocycles. The molecule has 3 heterocycles. The number of rotatable bonds is 4. The van der Waals surface area contributed by atoms with E-state index >= 15 is 0 Å². The lowest BCUT2D eigenvalue weighted by atomic mass is 9.98. The van der Waals surface area contributed by atoms with Gasteiger partial charge in [-0.25, -0.2) is 22.2 Å². The van der Waals surface area contributed by atoms with Gasteiger partial charge in [-0.1, -0.05) is 30.3 Å². The molecule has 140 valence electrons. The largest absolute Gasteiger partial charge is 0.220 e. The van der Waals surface area contributed by atoms with Crippen LogP contribution in [0.5, 0.6) is 0 Å². The zero-order valence-corrected chi connectivity index (χ0v) is 15.8. The van der Waals surface area contributed by atoms with Gasteiger partial charge in [0.2, 0.25) is 10.0 Å². The Morgan fingerprint density at radius 1 is 0.889 bits per heavy atom. The standard InChI is InChI=1S/C20H22N4O2S/c25-27(26,18-7-8-18)23-12-10-16(11-13-23)20-21-19-9-6-17(14-24(19)22-20)15-4-2-1-3-5-15/h1-6,9,14,16,18H,7-8,10-13H2. The zero-order valence-electron chi connectivity index (χ0n) is 15.0. The van der Waals surface area contributed by atoms with Gasteiger partial charge < -0.3 is 0 Å². The van der Waals surface area contributed by atoms with Crippen molar-refractivity contribution < 1.29 is 8.42 Å². The fourth-order valence-corrected chi connectivity index (χ4v) is 5.69. The molecule has 27 heavy (non-hydrogen) atoms. The number of fused-ring (bicyclic) bond motifs is 1. The molecule has 5 rings (SSSR count). The van der Waals surface area contributed by atoms with Crippen LogP contribution in [0, 0.1) is 0 Å². The van der Waals surface area contributed by atoms with E-state index in [4.69, 9.17) is 5.10 Å². The van der Waals surface area contributed by atoms with Crippen LogP contribution in [-0.4, -0.2) is 45.7 Å². The molecule has 0 bridgehead atoms. The van der Waals surface area contributed by atoms with Crippen molar-refractivity contribution in [2.75, 3.05) is 13.1 Å². The summed E-state index contributed by atoms with van der Waals surface area (Å²) in [7, 11) is -3.07. The van der Waals surface area contributed by atoms with Crippen LogP contribution in [-0.2, 0) is 10.0 Å². The average molecular weight is 382 g/mol. The summed E-state index contributed by atoms with van der Waals surface area (Å²) < 4.78 is 28.3. The van der Waals surface area contributed by atoms with Gasteiger partial charge >= 0.3 is 0 Å². The lowest BCUT2D eigenvalue weighted by Gasteiger charge is -2.29. The first-order valence-electron chi connectivity index (χ1n) is 9.52. The molecule has 0 amide bonds. The Morgan fingerprint density at radius 2 is 1.63 bits per heavy atom. The summed E-state index contributed by atoms with van der Waals surface area (Å²) in [6, 6.07) is 14.3. The van der Waals surface area contributed by atoms with E-state index < -0.39 is 10.0 Å². The van der Waals surface area contributed by atoms with E-state index in [0.29, 0.717) is 13.1 Å². The first kappa shape index (κ1) is 16.9. The van der Waals surface area contributed by atoms with Crippen molar-refractivity contribution in [1.82, 2.24) is 18.9 Å². The predicted octanol–water partition coefficient (Wildman–Crippen LogP) is 3.07. The van der Waals surface area contributed by atoms with E-state index in [9.17, 15) is 8.42 Å². The maximum absolute atomic E-state index is 12.4. The van der Waals surface area contributed by atoms with Crippen LogP contribution in [0.3, 0.4) is 0 Å². The third-order valence-electron chi connectivity index (χ3n) is 5.58. The smallest absolute Gasteiger partial charge is 0.216 e. The SMILES string of the molecule is O=S(=O)(C1CC1)N1CCC(c2nc3ccc(-c4ccccc4)cn3n2)CC1. The van der Waals surface area contributed by atoms with E-state index in [0.717, 1.165) is 48.3 Å². The molecule has 1 saturated carbocycles. The van der Waals surface area contributed by atoms with Gasteiger partial charge in [0.1, 0.15) is 0 Å². The summed E-state index contributed by atoms with van der Waals surface area (Å²) in [5.74, 6) is 1.04. The fraction of sp³-hybridized carbons (Fsp3) is 0.400. The molecule has 1 aromatic carbocycles. The van der Waals surface area contributed by atoms with Crippen LogP contribution in [0.2, 0.25) is 0 Å². The zero-order chi connectivity index (χ0) is 18.4. The molecule has 2 aromatic heterocycles. The Morgan fingerprint density at radius 3 is 2.33 bits per heavy atom. The van der Waals surface area contributed by atoms with Crippen molar-refractivity contribution in [2.24, 2.45) is 0 Å².